The van der Waals surface area contributed by atoms with Gasteiger partial charge in [-0.25, -0.2) is 4.79 Å². The zero-order valence-electron chi connectivity index (χ0n) is 18.9. The van der Waals surface area contributed by atoms with E-state index in [4.69, 9.17) is 21.1 Å². The van der Waals surface area contributed by atoms with Gasteiger partial charge in [0, 0.05) is 14.9 Å². The number of nitrogens with zero attached hydrogens (tertiary/aromatic N) is 1. The number of carbonyl (C=O) groups is 3. The summed E-state index contributed by atoms with van der Waals surface area (Å²) in [7, 11) is 0. The van der Waals surface area contributed by atoms with E-state index >= 15 is 0 Å². The summed E-state index contributed by atoms with van der Waals surface area (Å²) in [6.07, 6.45) is -2.30. The van der Waals surface area contributed by atoms with Crippen LogP contribution in [0.15, 0.2) is 48.5 Å². The normalized spacial score (nSPS) is 13.9. The predicted octanol–water partition coefficient (Wildman–Crippen LogP) is 2.38. The lowest BCUT2D eigenvalue weighted by atomic mass is 10.0. The Hall–Kier alpha value is -3.61. The minimum atomic E-state index is -2.36. The third-order valence-corrected chi connectivity index (χ3v) is 4.01. The number of carboxylic acids is 1. The highest BCUT2D eigenvalue weighted by Crippen LogP contribution is 2.35. The van der Waals surface area contributed by atoms with Gasteiger partial charge in [-0.05, 0) is 24.1 Å². The second kappa shape index (κ2) is 7.96. The van der Waals surface area contributed by atoms with E-state index in [1.165, 1.54) is 30.3 Å². The highest BCUT2D eigenvalue weighted by molar-refractivity contribution is 6.45. The van der Waals surface area contributed by atoms with Gasteiger partial charge in [0.15, 0.2) is 6.61 Å². The van der Waals surface area contributed by atoms with Gasteiger partial charge in [-0.2, -0.15) is 0 Å². The molecule has 0 aliphatic heterocycles. The second-order valence-corrected chi connectivity index (χ2v) is 5.81. The number of Topliss-reactive ketones (excluding diaryl/α,β-unsaturated/α-hetero) is 1. The van der Waals surface area contributed by atoms with Gasteiger partial charge in [0.2, 0.25) is 0 Å². The Kier molecular flexibility index (Phi) is 4.11. The molecule has 0 fully saturated rings. The molecule has 0 saturated carbocycles. The first-order valence-electron chi connectivity index (χ1n) is 10.3. The van der Waals surface area contributed by atoms with Crippen molar-refractivity contribution in [2.24, 2.45) is 5.73 Å². The predicted molar refractivity (Wildman–Crippen MR) is 104 cm³/mol. The van der Waals surface area contributed by atoms with Crippen LogP contribution in [0.1, 0.15) is 34.0 Å². The van der Waals surface area contributed by atoms with E-state index < -0.39 is 48.4 Å². The lowest BCUT2D eigenvalue weighted by Gasteiger charge is -2.11. The molecule has 3 N–H and O–H groups in total. The molecule has 1 heterocycles. The molecule has 28 heavy (non-hydrogen) atoms. The molecule has 7 heteroatoms. The van der Waals surface area contributed by atoms with Gasteiger partial charge in [0.05, 0.1) is 19.2 Å². The zero-order valence-corrected chi connectivity index (χ0v) is 14.9. The maximum atomic E-state index is 12.8. The zero-order chi connectivity index (χ0) is 23.8. The van der Waals surface area contributed by atoms with Crippen molar-refractivity contribution in [2.45, 2.75) is 19.8 Å². The van der Waals surface area contributed by atoms with E-state index in [-0.39, 0.29) is 22.2 Å². The molecule has 1 aromatic heterocycles. The molecule has 0 atom stereocenters. The van der Waals surface area contributed by atoms with Gasteiger partial charge in [-0.15, -0.1) is 0 Å². The summed E-state index contributed by atoms with van der Waals surface area (Å²) in [6.45, 7) is -2.01. The number of rotatable bonds is 8. The summed E-state index contributed by atoms with van der Waals surface area (Å²) in [5.41, 5.74) is 4.53. The van der Waals surface area contributed by atoms with Crippen LogP contribution in [-0.4, -0.2) is 33.9 Å². The topological polar surface area (TPSA) is 112 Å². The number of hydrogen-bond donors (Lipinski definition) is 2. The average Bonchev–Trinajstić information content (AvgIpc) is 3.09. The first kappa shape index (κ1) is 14.4. The summed E-state index contributed by atoms with van der Waals surface area (Å²) in [5, 5.41) is 8.89. The first-order chi connectivity index (χ1) is 14.9. The number of primary amides is 1. The van der Waals surface area contributed by atoms with Crippen LogP contribution >= 0.6 is 0 Å². The quantitative estimate of drug-likeness (QED) is 0.457. The van der Waals surface area contributed by atoms with Crippen LogP contribution in [-0.2, 0) is 22.5 Å². The number of fused-ring (bicyclic) bond motifs is 1. The molecule has 7 nitrogen and oxygen atoms in total. The second-order valence-electron chi connectivity index (χ2n) is 5.81. The van der Waals surface area contributed by atoms with Gasteiger partial charge >= 0.3 is 5.97 Å². The van der Waals surface area contributed by atoms with Crippen molar-refractivity contribution in [1.29, 1.82) is 0 Å². The number of ether oxygens (including phenoxy) is 1. The standard InChI is InChI=1S/C21H20N2O5/c1-2-14-19(20(26)21(22)27)18-15(9-6-10-16(18)28-12-17(24)25)23(14)11-13-7-4-3-5-8-13/h3-10H,2,11-12H2,1H3,(H2,22,27)(H,24,25)/i2D2,11D2. The van der Waals surface area contributed by atoms with Crippen LogP contribution in [0, 0.1) is 0 Å². The van der Waals surface area contributed by atoms with E-state index in [0.717, 1.165) is 11.5 Å². The van der Waals surface area contributed by atoms with E-state index in [0.29, 0.717) is 0 Å². The molecule has 0 unspecified atom stereocenters. The lowest BCUT2D eigenvalue weighted by Crippen LogP contribution is -2.24. The Morgan fingerprint density at radius 1 is 1.14 bits per heavy atom. The van der Waals surface area contributed by atoms with Crippen molar-refractivity contribution < 1.29 is 29.7 Å². The van der Waals surface area contributed by atoms with Gasteiger partial charge in [0.1, 0.15) is 5.75 Å². The van der Waals surface area contributed by atoms with Crippen LogP contribution in [0.4, 0.5) is 0 Å². The van der Waals surface area contributed by atoms with Gasteiger partial charge in [0.25, 0.3) is 11.7 Å². The van der Waals surface area contributed by atoms with Crippen molar-refractivity contribution in [3.63, 3.8) is 0 Å². The van der Waals surface area contributed by atoms with Gasteiger partial charge in [-0.1, -0.05) is 43.3 Å². The van der Waals surface area contributed by atoms with Crippen LogP contribution in [0.2, 0.25) is 0 Å². The molecule has 0 saturated heterocycles. The molecule has 3 aromatic rings. The molecule has 0 spiro atoms. The molecule has 0 bridgehead atoms. The summed E-state index contributed by atoms with van der Waals surface area (Å²) in [6, 6.07) is 12.1. The summed E-state index contributed by atoms with van der Waals surface area (Å²) in [4.78, 5) is 35.7. The summed E-state index contributed by atoms with van der Waals surface area (Å²) < 4.78 is 40.6. The fourth-order valence-corrected chi connectivity index (χ4v) is 2.91. The molecule has 0 aliphatic carbocycles. The molecule has 144 valence electrons. The third kappa shape index (κ3) is 3.59. The largest absolute Gasteiger partial charge is 0.481 e. The number of carboxylic acid groups (broad SMARTS) is 1. The summed E-state index contributed by atoms with van der Waals surface area (Å²) >= 11 is 0. The van der Waals surface area contributed by atoms with Crippen molar-refractivity contribution in [1.82, 2.24) is 4.57 Å². The highest BCUT2D eigenvalue weighted by Gasteiger charge is 2.27. The Labute approximate surface area is 166 Å². The maximum absolute atomic E-state index is 12.8. The first-order valence-corrected chi connectivity index (χ1v) is 8.30. The molecular formula is C21H20N2O5. The number of hydrogen-bond acceptors (Lipinski definition) is 4. The van der Waals surface area contributed by atoms with E-state index in [1.54, 1.807) is 18.2 Å². The van der Waals surface area contributed by atoms with Crippen LogP contribution in [0.25, 0.3) is 10.9 Å². The van der Waals surface area contributed by atoms with Gasteiger partial charge < -0.3 is 20.1 Å². The third-order valence-electron chi connectivity index (χ3n) is 4.01. The maximum Gasteiger partial charge on any atom is 0.341 e. The van der Waals surface area contributed by atoms with E-state index in [2.05, 4.69) is 0 Å². The molecular weight excluding hydrogens is 360 g/mol. The molecule has 3 rings (SSSR count). The number of aliphatic carboxylic acids is 1. The SMILES string of the molecule is [2H]C([2H])(C)c1c(C(=O)C(N)=O)c2c(OCC(=O)O)cccc2n1C([2H])([2H])c1ccccc1. The molecule has 0 aliphatic rings. The number of carbonyl (C=O) groups excluding carboxylic acids is 2. The van der Waals surface area contributed by atoms with E-state index in [9.17, 15) is 14.4 Å². The molecule has 1 amide bonds. The van der Waals surface area contributed by atoms with Crippen LogP contribution in [0.3, 0.4) is 0 Å². The Bertz CT molecular complexity index is 1220. The number of ketones is 1. The van der Waals surface area contributed by atoms with Crippen LogP contribution in [0.5, 0.6) is 5.75 Å². The monoisotopic (exact) mass is 384 g/mol. The minimum absolute atomic E-state index is 0.0343. The van der Waals surface area contributed by atoms with E-state index in [1.807, 2.05) is 0 Å². The van der Waals surface area contributed by atoms with Crippen LogP contribution < -0.4 is 10.5 Å². The Morgan fingerprint density at radius 2 is 1.86 bits per heavy atom. The number of aromatic nitrogens is 1. The number of amides is 1. The Balaban J connectivity index is 2.51. The number of benzene rings is 2. The lowest BCUT2D eigenvalue weighted by molar-refractivity contribution is -0.139. The number of nitrogens with two attached hydrogens (primary N) is 1. The van der Waals surface area contributed by atoms with Crippen molar-refractivity contribution >= 4 is 28.6 Å². The fraction of sp³-hybridized carbons (Fsp3) is 0.190. The van der Waals surface area contributed by atoms with Crippen molar-refractivity contribution in [2.75, 3.05) is 6.61 Å². The van der Waals surface area contributed by atoms with Crippen molar-refractivity contribution in [3.05, 3.63) is 65.4 Å². The minimum Gasteiger partial charge on any atom is -0.481 e. The highest BCUT2D eigenvalue weighted by atomic mass is 16.5. The Morgan fingerprint density at radius 3 is 2.46 bits per heavy atom. The average molecular weight is 384 g/mol. The van der Waals surface area contributed by atoms with Gasteiger partial charge in [-0.3, -0.25) is 9.59 Å². The van der Waals surface area contributed by atoms with Crippen molar-refractivity contribution in [3.8, 4) is 5.75 Å². The molecule has 2 aromatic carbocycles. The molecule has 0 radical (unpaired) electrons. The smallest absolute Gasteiger partial charge is 0.341 e. The fourth-order valence-electron chi connectivity index (χ4n) is 2.91. The summed E-state index contributed by atoms with van der Waals surface area (Å²) in [5.74, 6) is -4.04.